The van der Waals surface area contributed by atoms with E-state index in [-0.39, 0.29) is 12.5 Å². The Labute approximate surface area is 128 Å². The maximum atomic E-state index is 11.7. The van der Waals surface area contributed by atoms with Crippen LogP contribution in [-0.2, 0) is 11.3 Å². The standard InChI is InChI=1S/C14H18ClN5O/c1-2-3-6-9-16-13(21)10-20-18-14(17-19-20)11-7-4-5-8-12(11)15/h4-5,7-8H,2-3,6,9-10H2,1H3,(H,16,21). The maximum absolute atomic E-state index is 11.7. The summed E-state index contributed by atoms with van der Waals surface area (Å²) in [6, 6.07) is 7.26. The molecule has 1 N–H and O–H groups in total. The number of tetrazole rings is 1. The van der Waals surface area contributed by atoms with Gasteiger partial charge in [-0.25, -0.2) is 0 Å². The molecule has 0 bridgehead atoms. The van der Waals surface area contributed by atoms with Crippen LogP contribution in [0, 0.1) is 0 Å². The first-order valence-corrected chi connectivity index (χ1v) is 7.38. The molecule has 0 saturated carbocycles. The van der Waals surface area contributed by atoms with Crippen LogP contribution in [0.2, 0.25) is 5.02 Å². The van der Waals surface area contributed by atoms with Crippen molar-refractivity contribution < 1.29 is 4.79 Å². The van der Waals surface area contributed by atoms with Gasteiger partial charge >= 0.3 is 0 Å². The SMILES string of the molecule is CCCCCNC(=O)Cn1nnc(-c2ccccc2Cl)n1. The summed E-state index contributed by atoms with van der Waals surface area (Å²) >= 11 is 6.08. The van der Waals surface area contributed by atoms with Gasteiger partial charge in [0.2, 0.25) is 11.7 Å². The molecule has 112 valence electrons. The Morgan fingerprint density at radius 1 is 1.33 bits per heavy atom. The summed E-state index contributed by atoms with van der Waals surface area (Å²) in [5.74, 6) is 0.300. The van der Waals surface area contributed by atoms with Gasteiger partial charge in [0.05, 0.1) is 5.02 Å². The summed E-state index contributed by atoms with van der Waals surface area (Å²) in [4.78, 5) is 13.0. The third-order valence-corrected chi connectivity index (χ3v) is 3.28. The summed E-state index contributed by atoms with van der Waals surface area (Å²) in [5, 5.41) is 15.4. The molecule has 7 heteroatoms. The third-order valence-electron chi connectivity index (χ3n) is 2.96. The van der Waals surface area contributed by atoms with Gasteiger partial charge in [0, 0.05) is 12.1 Å². The molecule has 1 aromatic heterocycles. The first kappa shape index (κ1) is 15.4. The van der Waals surface area contributed by atoms with Crippen LogP contribution in [0.25, 0.3) is 11.4 Å². The average molecular weight is 308 g/mol. The first-order chi connectivity index (χ1) is 10.2. The lowest BCUT2D eigenvalue weighted by Gasteiger charge is -2.03. The molecule has 0 unspecified atom stereocenters. The third kappa shape index (κ3) is 4.53. The van der Waals surface area contributed by atoms with E-state index >= 15 is 0 Å². The van der Waals surface area contributed by atoms with Crippen molar-refractivity contribution in [2.24, 2.45) is 0 Å². The van der Waals surface area contributed by atoms with Crippen molar-refractivity contribution in [3.8, 4) is 11.4 Å². The van der Waals surface area contributed by atoms with Gasteiger partial charge in [-0.2, -0.15) is 4.80 Å². The first-order valence-electron chi connectivity index (χ1n) is 7.00. The van der Waals surface area contributed by atoms with Crippen molar-refractivity contribution in [3.05, 3.63) is 29.3 Å². The number of aromatic nitrogens is 4. The molecule has 1 heterocycles. The highest BCUT2D eigenvalue weighted by Crippen LogP contribution is 2.23. The van der Waals surface area contributed by atoms with Crippen molar-refractivity contribution in [1.82, 2.24) is 25.5 Å². The van der Waals surface area contributed by atoms with E-state index in [0.717, 1.165) is 19.3 Å². The van der Waals surface area contributed by atoms with Crippen molar-refractivity contribution in [1.29, 1.82) is 0 Å². The highest BCUT2D eigenvalue weighted by molar-refractivity contribution is 6.33. The zero-order chi connectivity index (χ0) is 15.1. The Kier molecular flexibility index (Phi) is 5.68. The topological polar surface area (TPSA) is 72.7 Å². The number of nitrogens with zero attached hydrogens (tertiary/aromatic N) is 4. The molecule has 0 saturated heterocycles. The lowest BCUT2D eigenvalue weighted by atomic mass is 10.2. The summed E-state index contributed by atoms with van der Waals surface area (Å²) < 4.78 is 0. The van der Waals surface area contributed by atoms with Gasteiger partial charge in [0.25, 0.3) is 0 Å². The molecule has 21 heavy (non-hydrogen) atoms. The van der Waals surface area contributed by atoms with Crippen LogP contribution in [0.15, 0.2) is 24.3 Å². The van der Waals surface area contributed by atoms with Gasteiger partial charge in [-0.05, 0) is 23.8 Å². The van der Waals surface area contributed by atoms with Crippen LogP contribution < -0.4 is 5.32 Å². The number of unbranched alkanes of at least 4 members (excludes halogenated alkanes) is 2. The minimum atomic E-state index is -0.116. The van der Waals surface area contributed by atoms with Crippen LogP contribution >= 0.6 is 11.6 Å². The van der Waals surface area contributed by atoms with Gasteiger partial charge in [-0.1, -0.05) is 43.5 Å². The fourth-order valence-corrected chi connectivity index (χ4v) is 2.07. The maximum Gasteiger partial charge on any atom is 0.243 e. The molecule has 0 aliphatic carbocycles. The molecular weight excluding hydrogens is 290 g/mol. The predicted octanol–water partition coefficient (Wildman–Crippen LogP) is 2.30. The van der Waals surface area contributed by atoms with Crippen LogP contribution in [0.4, 0.5) is 0 Å². The molecule has 0 radical (unpaired) electrons. The molecule has 0 aliphatic rings. The van der Waals surface area contributed by atoms with Crippen LogP contribution in [0.1, 0.15) is 26.2 Å². The van der Waals surface area contributed by atoms with Crippen molar-refractivity contribution in [2.75, 3.05) is 6.54 Å². The number of halogens is 1. The number of hydrogen-bond donors (Lipinski definition) is 1. The summed E-state index contributed by atoms with van der Waals surface area (Å²) in [7, 11) is 0. The number of amides is 1. The lowest BCUT2D eigenvalue weighted by Crippen LogP contribution is -2.29. The van der Waals surface area contributed by atoms with E-state index in [2.05, 4.69) is 27.7 Å². The normalized spacial score (nSPS) is 10.6. The molecule has 0 spiro atoms. The van der Waals surface area contributed by atoms with E-state index in [1.54, 1.807) is 6.07 Å². The highest BCUT2D eigenvalue weighted by atomic mass is 35.5. The van der Waals surface area contributed by atoms with Gasteiger partial charge in [-0.15, -0.1) is 10.2 Å². The Balaban J connectivity index is 1.91. The van der Waals surface area contributed by atoms with Crippen LogP contribution in [-0.4, -0.2) is 32.7 Å². The van der Waals surface area contributed by atoms with Crippen molar-refractivity contribution >= 4 is 17.5 Å². The number of benzene rings is 1. The van der Waals surface area contributed by atoms with Crippen LogP contribution in [0.5, 0.6) is 0 Å². The summed E-state index contributed by atoms with van der Waals surface area (Å²) in [5.41, 5.74) is 0.703. The monoisotopic (exact) mass is 307 g/mol. The Morgan fingerprint density at radius 2 is 2.14 bits per heavy atom. The Morgan fingerprint density at radius 3 is 2.90 bits per heavy atom. The zero-order valence-corrected chi connectivity index (χ0v) is 12.7. The molecule has 0 atom stereocenters. The number of carbonyl (C=O) groups excluding carboxylic acids is 1. The second-order valence-electron chi connectivity index (χ2n) is 4.68. The van der Waals surface area contributed by atoms with Crippen molar-refractivity contribution in [2.45, 2.75) is 32.7 Å². The Hall–Kier alpha value is -1.95. The largest absolute Gasteiger partial charge is 0.354 e. The molecule has 1 aromatic carbocycles. The molecule has 2 rings (SSSR count). The second kappa shape index (κ2) is 7.73. The summed E-state index contributed by atoms with van der Waals surface area (Å²) in [6.45, 7) is 2.86. The number of hydrogen-bond acceptors (Lipinski definition) is 4. The highest BCUT2D eigenvalue weighted by Gasteiger charge is 2.11. The van der Waals surface area contributed by atoms with E-state index in [9.17, 15) is 4.79 Å². The fourth-order valence-electron chi connectivity index (χ4n) is 1.85. The zero-order valence-electron chi connectivity index (χ0n) is 11.9. The van der Waals surface area contributed by atoms with Gasteiger partial charge < -0.3 is 5.32 Å². The van der Waals surface area contributed by atoms with Crippen molar-refractivity contribution in [3.63, 3.8) is 0 Å². The molecule has 6 nitrogen and oxygen atoms in total. The van der Waals surface area contributed by atoms with E-state index in [4.69, 9.17) is 11.6 Å². The average Bonchev–Trinajstić information content (AvgIpc) is 2.92. The number of rotatable bonds is 7. The molecule has 1 amide bonds. The predicted molar refractivity (Wildman–Crippen MR) is 80.8 cm³/mol. The van der Waals surface area contributed by atoms with E-state index < -0.39 is 0 Å². The van der Waals surface area contributed by atoms with Gasteiger partial charge in [0.15, 0.2) is 0 Å². The molecule has 0 aliphatic heterocycles. The Bertz CT molecular complexity index is 599. The fraction of sp³-hybridized carbons (Fsp3) is 0.429. The van der Waals surface area contributed by atoms with E-state index in [1.165, 1.54) is 4.80 Å². The molecule has 2 aromatic rings. The smallest absolute Gasteiger partial charge is 0.243 e. The van der Waals surface area contributed by atoms with E-state index in [0.29, 0.717) is 23.0 Å². The minimum Gasteiger partial charge on any atom is -0.354 e. The second-order valence-corrected chi connectivity index (χ2v) is 5.09. The van der Waals surface area contributed by atoms with E-state index in [1.807, 2.05) is 18.2 Å². The lowest BCUT2D eigenvalue weighted by molar-refractivity contribution is -0.122. The minimum absolute atomic E-state index is 0.0591. The summed E-state index contributed by atoms with van der Waals surface area (Å²) in [6.07, 6.45) is 3.22. The van der Waals surface area contributed by atoms with Gasteiger partial charge in [0.1, 0.15) is 6.54 Å². The van der Waals surface area contributed by atoms with Crippen LogP contribution in [0.3, 0.4) is 0 Å². The molecule has 0 fully saturated rings. The number of carbonyl (C=O) groups is 1. The quantitative estimate of drug-likeness (QED) is 0.797. The number of nitrogens with one attached hydrogen (secondary N) is 1. The van der Waals surface area contributed by atoms with Gasteiger partial charge in [-0.3, -0.25) is 4.79 Å². The molecular formula is C14H18ClN5O.